The number of hydrogen-bond acceptors (Lipinski definition) is 2. The zero-order valence-corrected chi connectivity index (χ0v) is 11.2. The Labute approximate surface area is 89.9 Å². The second-order valence-corrected chi connectivity index (χ2v) is 11.4. The van der Waals surface area contributed by atoms with Crippen molar-refractivity contribution in [3.63, 3.8) is 0 Å². The van der Waals surface area contributed by atoms with Gasteiger partial charge in [-0.2, -0.15) is 0 Å². The third kappa shape index (κ3) is 3.37. The van der Waals surface area contributed by atoms with Crippen molar-refractivity contribution in [2.24, 2.45) is 11.7 Å². The summed E-state index contributed by atoms with van der Waals surface area (Å²) in [5.41, 5.74) is 5.88. The van der Waals surface area contributed by atoms with Gasteiger partial charge in [0.05, 0.1) is 8.07 Å². The summed E-state index contributed by atoms with van der Waals surface area (Å²) in [6.07, 6.45) is 4.05. The summed E-state index contributed by atoms with van der Waals surface area (Å²) in [4.78, 5) is 2.65. The molecule has 3 heteroatoms. The predicted octanol–water partition coefficient (Wildman–Crippen LogP) is 1.92. The highest BCUT2D eigenvalue weighted by molar-refractivity contribution is 6.76. The van der Waals surface area contributed by atoms with Crippen LogP contribution in [-0.2, 0) is 0 Å². The maximum absolute atomic E-state index is 5.88. The van der Waals surface area contributed by atoms with Gasteiger partial charge < -0.3 is 10.6 Å². The lowest BCUT2D eigenvalue weighted by Gasteiger charge is -2.42. The molecule has 0 amide bonds. The Morgan fingerprint density at radius 1 is 1.36 bits per heavy atom. The van der Waals surface area contributed by atoms with Crippen LogP contribution >= 0.6 is 0 Å². The Bertz CT molecular complexity index is 177. The van der Waals surface area contributed by atoms with Gasteiger partial charge >= 0.3 is 0 Å². The van der Waals surface area contributed by atoms with Crippen LogP contribution in [-0.4, -0.2) is 38.3 Å². The van der Waals surface area contributed by atoms with Crippen molar-refractivity contribution in [3.05, 3.63) is 0 Å². The molecule has 2 N–H and O–H groups in total. The summed E-state index contributed by atoms with van der Waals surface area (Å²) in [5, 5.41) is 0. The predicted molar refractivity (Wildman–Crippen MR) is 66.2 cm³/mol. The Morgan fingerprint density at radius 2 is 2.00 bits per heavy atom. The highest BCUT2D eigenvalue weighted by Gasteiger charge is 2.30. The van der Waals surface area contributed by atoms with Crippen molar-refractivity contribution < 1.29 is 0 Å². The van der Waals surface area contributed by atoms with Crippen molar-refractivity contribution in [2.75, 3.05) is 19.3 Å². The van der Waals surface area contributed by atoms with Crippen LogP contribution in [0, 0.1) is 5.92 Å². The van der Waals surface area contributed by atoms with E-state index in [1.807, 2.05) is 0 Å². The van der Waals surface area contributed by atoms with Gasteiger partial charge in [-0.15, -0.1) is 0 Å². The summed E-state index contributed by atoms with van der Waals surface area (Å²) in [6, 6.07) is 0.649. The molecule has 1 aliphatic heterocycles. The molecule has 0 radical (unpaired) electrons. The van der Waals surface area contributed by atoms with Crippen LogP contribution in [0.25, 0.3) is 0 Å². The van der Waals surface area contributed by atoms with Gasteiger partial charge in [-0.25, -0.2) is 0 Å². The van der Waals surface area contributed by atoms with Crippen LogP contribution < -0.4 is 5.73 Å². The van der Waals surface area contributed by atoms with E-state index < -0.39 is 8.07 Å². The van der Waals surface area contributed by atoms with Crippen LogP contribution in [0.1, 0.15) is 19.8 Å². The molecule has 0 aromatic carbocycles. The third-order valence-electron chi connectivity index (χ3n) is 3.15. The van der Waals surface area contributed by atoms with Crippen LogP contribution in [0.3, 0.4) is 0 Å². The highest BCUT2D eigenvalue weighted by Crippen LogP contribution is 2.23. The summed E-state index contributed by atoms with van der Waals surface area (Å²) >= 11 is 0. The fourth-order valence-corrected chi connectivity index (χ4v) is 4.13. The largest absolute Gasteiger partial charge is 0.329 e. The lowest BCUT2D eigenvalue weighted by atomic mass is 9.91. The number of hydrogen-bond donors (Lipinski definition) is 1. The maximum Gasteiger partial charge on any atom is 0.0599 e. The average Bonchev–Trinajstić information content (AvgIpc) is 2.01. The Kier molecular flexibility index (Phi) is 4.16. The fourth-order valence-electron chi connectivity index (χ4n) is 2.52. The van der Waals surface area contributed by atoms with Gasteiger partial charge in [0.1, 0.15) is 0 Å². The van der Waals surface area contributed by atoms with Crippen LogP contribution in [0.4, 0.5) is 0 Å². The molecular formula is C11H26N2Si. The van der Waals surface area contributed by atoms with E-state index >= 15 is 0 Å². The molecule has 0 saturated carbocycles. The van der Waals surface area contributed by atoms with Crippen LogP contribution in [0.2, 0.25) is 19.6 Å². The second kappa shape index (κ2) is 4.77. The smallest absolute Gasteiger partial charge is 0.0599 e. The van der Waals surface area contributed by atoms with E-state index in [2.05, 4.69) is 31.5 Å². The lowest BCUT2D eigenvalue weighted by Crippen LogP contribution is -2.53. The molecule has 0 aromatic heterocycles. The van der Waals surface area contributed by atoms with Crippen molar-refractivity contribution in [1.29, 1.82) is 0 Å². The molecule has 0 bridgehead atoms. The molecule has 1 saturated heterocycles. The number of nitrogens with two attached hydrogens (primary N) is 1. The van der Waals surface area contributed by atoms with E-state index in [0.717, 1.165) is 12.5 Å². The standard InChI is InChI=1S/C11H26N2Si/c1-10-6-5-7-13(11(10)8-12)9-14(2,3)4/h10-11H,5-9,12H2,1-4H3. The first-order valence-electron chi connectivity index (χ1n) is 5.88. The monoisotopic (exact) mass is 214 g/mol. The molecular weight excluding hydrogens is 188 g/mol. The molecule has 0 spiro atoms. The molecule has 84 valence electrons. The van der Waals surface area contributed by atoms with Gasteiger partial charge in [0.15, 0.2) is 0 Å². The number of nitrogens with zero attached hydrogens (tertiary/aromatic N) is 1. The minimum Gasteiger partial charge on any atom is -0.329 e. The maximum atomic E-state index is 5.88. The van der Waals surface area contributed by atoms with E-state index in [1.54, 1.807) is 0 Å². The molecule has 1 heterocycles. The number of piperidine rings is 1. The minimum atomic E-state index is -0.962. The SMILES string of the molecule is CC1CCCN(C[Si](C)(C)C)C1CN. The van der Waals surface area contributed by atoms with Gasteiger partial charge in [-0.1, -0.05) is 26.6 Å². The number of likely N-dealkylation sites (tertiary alicyclic amines) is 1. The molecule has 1 fully saturated rings. The Balaban J connectivity index is 2.56. The molecule has 1 rings (SSSR count). The first kappa shape index (κ1) is 12.2. The summed E-state index contributed by atoms with van der Waals surface area (Å²) in [7, 11) is -0.962. The minimum absolute atomic E-state index is 0.649. The third-order valence-corrected chi connectivity index (χ3v) is 4.50. The summed E-state index contributed by atoms with van der Waals surface area (Å²) < 4.78 is 0. The molecule has 2 nitrogen and oxygen atoms in total. The molecule has 0 aromatic rings. The van der Waals surface area contributed by atoms with Gasteiger partial charge in [-0.05, 0) is 31.5 Å². The molecule has 2 atom stereocenters. The van der Waals surface area contributed by atoms with Crippen LogP contribution in [0.15, 0.2) is 0 Å². The first-order valence-corrected chi connectivity index (χ1v) is 9.59. The molecule has 2 unspecified atom stereocenters. The van der Waals surface area contributed by atoms with Crippen LogP contribution in [0.5, 0.6) is 0 Å². The van der Waals surface area contributed by atoms with Crippen molar-refractivity contribution in [3.8, 4) is 0 Å². The molecule has 14 heavy (non-hydrogen) atoms. The van der Waals surface area contributed by atoms with E-state index in [4.69, 9.17) is 5.73 Å². The Morgan fingerprint density at radius 3 is 2.50 bits per heavy atom. The van der Waals surface area contributed by atoms with E-state index in [-0.39, 0.29) is 0 Å². The number of rotatable bonds is 3. The van der Waals surface area contributed by atoms with Gasteiger partial charge in [0, 0.05) is 12.6 Å². The second-order valence-electron chi connectivity index (χ2n) is 5.95. The highest BCUT2D eigenvalue weighted by atomic mass is 28.3. The fraction of sp³-hybridized carbons (Fsp3) is 1.00. The summed E-state index contributed by atoms with van der Waals surface area (Å²) in [5.74, 6) is 0.796. The molecule has 1 aliphatic rings. The average molecular weight is 214 g/mol. The van der Waals surface area contributed by atoms with E-state index in [0.29, 0.717) is 6.04 Å². The van der Waals surface area contributed by atoms with Crippen molar-refractivity contribution >= 4 is 8.07 Å². The van der Waals surface area contributed by atoms with Crippen molar-refractivity contribution in [1.82, 2.24) is 4.90 Å². The first-order chi connectivity index (χ1) is 6.44. The van der Waals surface area contributed by atoms with E-state index in [1.165, 1.54) is 25.6 Å². The topological polar surface area (TPSA) is 29.3 Å². The quantitative estimate of drug-likeness (QED) is 0.727. The molecule has 0 aliphatic carbocycles. The lowest BCUT2D eigenvalue weighted by molar-refractivity contribution is 0.125. The van der Waals surface area contributed by atoms with Gasteiger partial charge in [0.2, 0.25) is 0 Å². The zero-order chi connectivity index (χ0) is 10.8. The van der Waals surface area contributed by atoms with Crippen molar-refractivity contribution in [2.45, 2.75) is 45.4 Å². The Hall–Kier alpha value is 0.137. The van der Waals surface area contributed by atoms with E-state index in [9.17, 15) is 0 Å². The zero-order valence-electron chi connectivity index (χ0n) is 10.2. The summed E-state index contributed by atoms with van der Waals surface area (Å²) in [6.45, 7) is 11.8. The van der Waals surface area contributed by atoms with Gasteiger partial charge in [0.25, 0.3) is 0 Å². The van der Waals surface area contributed by atoms with Gasteiger partial charge in [-0.3, -0.25) is 0 Å². The normalized spacial score (nSPS) is 30.6.